The number of Topliss-reactive ketones (excluding diaryl/α,β-unsaturated/α-hetero) is 1. The van der Waals surface area contributed by atoms with E-state index in [0.29, 0.717) is 37.3 Å². The van der Waals surface area contributed by atoms with E-state index < -0.39 is 0 Å². The molecule has 1 atom stereocenters. The Kier molecular flexibility index (Phi) is 5.87. The molecule has 2 amide bonds. The van der Waals surface area contributed by atoms with Gasteiger partial charge in [-0.3, -0.25) is 14.4 Å². The van der Waals surface area contributed by atoms with Crippen LogP contribution in [-0.4, -0.2) is 48.7 Å². The summed E-state index contributed by atoms with van der Waals surface area (Å²) in [5, 5.41) is 2.77. The summed E-state index contributed by atoms with van der Waals surface area (Å²) < 4.78 is 0. The van der Waals surface area contributed by atoms with Crippen molar-refractivity contribution >= 4 is 17.6 Å². The number of hydrogen-bond acceptors (Lipinski definition) is 4. The molecule has 0 radical (unpaired) electrons. The molecule has 0 saturated carbocycles. The van der Waals surface area contributed by atoms with Gasteiger partial charge in [0.2, 0.25) is 5.91 Å². The maximum Gasteiger partial charge on any atom is 0.254 e. The summed E-state index contributed by atoms with van der Waals surface area (Å²) in [5.41, 5.74) is 6.22. The van der Waals surface area contributed by atoms with E-state index >= 15 is 0 Å². The molecular formula is C17H23N3O3. The highest BCUT2D eigenvalue weighted by atomic mass is 16.2. The van der Waals surface area contributed by atoms with E-state index in [9.17, 15) is 14.4 Å². The predicted octanol–water partition coefficient (Wildman–Crippen LogP) is 0.816. The van der Waals surface area contributed by atoms with E-state index in [0.717, 1.165) is 12.8 Å². The van der Waals surface area contributed by atoms with Crippen LogP contribution in [0.2, 0.25) is 0 Å². The molecule has 23 heavy (non-hydrogen) atoms. The van der Waals surface area contributed by atoms with Crippen LogP contribution < -0.4 is 11.1 Å². The van der Waals surface area contributed by atoms with Crippen molar-refractivity contribution in [2.24, 2.45) is 11.7 Å². The Hall–Kier alpha value is -2.21. The maximum absolute atomic E-state index is 12.7. The van der Waals surface area contributed by atoms with E-state index in [1.165, 1.54) is 6.92 Å². The van der Waals surface area contributed by atoms with Gasteiger partial charge in [0.15, 0.2) is 5.78 Å². The maximum atomic E-state index is 12.7. The highest BCUT2D eigenvalue weighted by molar-refractivity contribution is 6.07. The first-order chi connectivity index (χ1) is 11.0. The molecular weight excluding hydrogens is 294 g/mol. The first-order valence-corrected chi connectivity index (χ1v) is 7.91. The van der Waals surface area contributed by atoms with Crippen molar-refractivity contribution in [2.45, 2.75) is 19.8 Å². The largest absolute Gasteiger partial charge is 0.355 e. The lowest BCUT2D eigenvalue weighted by Crippen LogP contribution is -2.46. The summed E-state index contributed by atoms with van der Waals surface area (Å²) in [6.07, 6.45) is 1.53. The minimum atomic E-state index is -0.219. The number of amides is 2. The molecule has 6 heteroatoms. The molecule has 124 valence electrons. The van der Waals surface area contributed by atoms with E-state index in [2.05, 4.69) is 5.32 Å². The zero-order valence-corrected chi connectivity index (χ0v) is 13.4. The van der Waals surface area contributed by atoms with Crippen LogP contribution in [0.25, 0.3) is 0 Å². The van der Waals surface area contributed by atoms with Crippen LogP contribution in [0.15, 0.2) is 24.3 Å². The third kappa shape index (κ3) is 4.16. The van der Waals surface area contributed by atoms with Crippen molar-refractivity contribution < 1.29 is 14.4 Å². The van der Waals surface area contributed by atoms with Crippen molar-refractivity contribution in [1.82, 2.24) is 10.2 Å². The third-order valence-corrected chi connectivity index (χ3v) is 4.06. The highest BCUT2D eigenvalue weighted by Gasteiger charge is 2.29. The minimum absolute atomic E-state index is 0.0622. The number of nitrogens with zero attached hydrogens (tertiary/aromatic N) is 1. The number of rotatable bonds is 5. The monoisotopic (exact) mass is 317 g/mol. The van der Waals surface area contributed by atoms with Gasteiger partial charge in [-0.1, -0.05) is 18.2 Å². The first-order valence-electron chi connectivity index (χ1n) is 7.91. The van der Waals surface area contributed by atoms with Crippen LogP contribution in [0.1, 0.15) is 40.5 Å². The van der Waals surface area contributed by atoms with E-state index in [1.807, 2.05) is 0 Å². The summed E-state index contributed by atoms with van der Waals surface area (Å²) >= 11 is 0. The summed E-state index contributed by atoms with van der Waals surface area (Å²) in [6.45, 7) is 3.27. The van der Waals surface area contributed by atoms with Crippen LogP contribution >= 0.6 is 0 Å². The molecule has 6 nitrogen and oxygen atoms in total. The Labute approximate surface area is 136 Å². The van der Waals surface area contributed by atoms with Gasteiger partial charge in [0, 0.05) is 31.7 Å². The molecule has 1 heterocycles. The van der Waals surface area contributed by atoms with Crippen molar-refractivity contribution in [3.63, 3.8) is 0 Å². The third-order valence-electron chi connectivity index (χ3n) is 4.06. The van der Waals surface area contributed by atoms with E-state index in [1.54, 1.807) is 29.2 Å². The second-order valence-electron chi connectivity index (χ2n) is 5.77. The predicted molar refractivity (Wildman–Crippen MR) is 87.1 cm³/mol. The lowest BCUT2D eigenvalue weighted by Gasteiger charge is -2.32. The van der Waals surface area contributed by atoms with E-state index in [4.69, 9.17) is 5.73 Å². The normalized spacial score (nSPS) is 17.7. The number of ketones is 1. The molecule has 0 aromatic heterocycles. The number of likely N-dealkylation sites (tertiary alicyclic amines) is 1. The average Bonchev–Trinajstić information content (AvgIpc) is 2.59. The van der Waals surface area contributed by atoms with Crippen LogP contribution in [-0.2, 0) is 4.79 Å². The molecule has 0 spiro atoms. The molecule has 1 aliphatic heterocycles. The number of carbonyl (C=O) groups is 3. The second-order valence-corrected chi connectivity index (χ2v) is 5.77. The average molecular weight is 317 g/mol. The fourth-order valence-corrected chi connectivity index (χ4v) is 2.86. The first kappa shape index (κ1) is 17.1. The number of piperidine rings is 1. The molecule has 0 bridgehead atoms. The number of nitrogens with two attached hydrogens (primary N) is 1. The Balaban J connectivity index is 2.11. The lowest BCUT2D eigenvalue weighted by atomic mass is 9.95. The minimum Gasteiger partial charge on any atom is -0.355 e. The van der Waals surface area contributed by atoms with Gasteiger partial charge in [-0.2, -0.15) is 0 Å². The van der Waals surface area contributed by atoms with Gasteiger partial charge < -0.3 is 16.0 Å². The van der Waals surface area contributed by atoms with Gasteiger partial charge in [0.05, 0.1) is 11.5 Å². The molecule has 1 aliphatic rings. The van der Waals surface area contributed by atoms with Crippen molar-refractivity contribution in [3.05, 3.63) is 35.4 Å². The Morgan fingerprint density at radius 1 is 1.26 bits per heavy atom. The molecule has 0 aliphatic carbocycles. The van der Waals surface area contributed by atoms with Gasteiger partial charge >= 0.3 is 0 Å². The van der Waals surface area contributed by atoms with Crippen LogP contribution in [0.5, 0.6) is 0 Å². The summed E-state index contributed by atoms with van der Waals surface area (Å²) in [4.78, 5) is 38.2. The van der Waals surface area contributed by atoms with E-state index in [-0.39, 0.29) is 23.5 Å². The summed E-state index contributed by atoms with van der Waals surface area (Å²) in [6, 6.07) is 6.81. The van der Waals surface area contributed by atoms with Crippen molar-refractivity contribution in [1.29, 1.82) is 0 Å². The smallest absolute Gasteiger partial charge is 0.254 e. The van der Waals surface area contributed by atoms with Crippen LogP contribution in [0.4, 0.5) is 0 Å². The Morgan fingerprint density at radius 2 is 1.96 bits per heavy atom. The van der Waals surface area contributed by atoms with Gasteiger partial charge in [0.25, 0.3) is 5.91 Å². The molecule has 3 N–H and O–H groups in total. The Bertz CT molecular complexity index is 601. The SMILES string of the molecule is CC(=O)c1ccccc1C(=O)N1CCCC(C(=O)NCCN)C1. The molecule has 1 aromatic carbocycles. The number of nitrogens with one attached hydrogen (secondary N) is 1. The van der Waals surface area contributed by atoms with Gasteiger partial charge in [-0.15, -0.1) is 0 Å². The summed E-state index contributed by atoms with van der Waals surface area (Å²) in [7, 11) is 0. The number of carbonyl (C=O) groups excluding carboxylic acids is 3. The summed E-state index contributed by atoms with van der Waals surface area (Å²) in [5.74, 6) is -0.605. The molecule has 2 rings (SSSR count). The van der Waals surface area contributed by atoms with Crippen molar-refractivity contribution in [2.75, 3.05) is 26.2 Å². The van der Waals surface area contributed by atoms with Crippen LogP contribution in [0, 0.1) is 5.92 Å². The quantitative estimate of drug-likeness (QED) is 0.786. The second kappa shape index (κ2) is 7.87. The van der Waals surface area contributed by atoms with Gasteiger partial charge in [-0.25, -0.2) is 0 Å². The van der Waals surface area contributed by atoms with Gasteiger partial charge in [-0.05, 0) is 25.8 Å². The molecule has 1 saturated heterocycles. The number of benzene rings is 1. The topological polar surface area (TPSA) is 92.5 Å². The standard InChI is InChI=1S/C17H23N3O3/c1-12(21)14-6-2-3-7-15(14)17(23)20-10-4-5-13(11-20)16(22)19-9-8-18/h2-3,6-7,13H,4-5,8-11,18H2,1H3,(H,19,22). The Morgan fingerprint density at radius 3 is 2.61 bits per heavy atom. The molecule has 1 fully saturated rings. The fourth-order valence-electron chi connectivity index (χ4n) is 2.86. The highest BCUT2D eigenvalue weighted by Crippen LogP contribution is 2.20. The van der Waals surface area contributed by atoms with Crippen molar-refractivity contribution in [3.8, 4) is 0 Å². The zero-order chi connectivity index (χ0) is 16.8. The molecule has 1 aromatic rings. The fraction of sp³-hybridized carbons (Fsp3) is 0.471. The zero-order valence-electron chi connectivity index (χ0n) is 13.4. The van der Waals surface area contributed by atoms with Crippen LogP contribution in [0.3, 0.4) is 0 Å². The lowest BCUT2D eigenvalue weighted by molar-refractivity contribution is -0.126. The van der Waals surface area contributed by atoms with Gasteiger partial charge in [0.1, 0.15) is 0 Å². The number of hydrogen-bond donors (Lipinski definition) is 2. The molecule has 1 unspecified atom stereocenters.